The van der Waals surface area contributed by atoms with Crippen LogP contribution in [-0.2, 0) is 6.54 Å². The summed E-state index contributed by atoms with van der Waals surface area (Å²) in [5.74, 6) is 0. The third kappa shape index (κ3) is 3.30. The summed E-state index contributed by atoms with van der Waals surface area (Å²) in [4.78, 5) is 2.52. The van der Waals surface area contributed by atoms with E-state index in [9.17, 15) is 0 Å². The fourth-order valence-corrected chi connectivity index (χ4v) is 2.68. The third-order valence-corrected chi connectivity index (χ3v) is 3.48. The molecule has 1 heterocycles. The Morgan fingerprint density at radius 1 is 1.19 bits per heavy atom. The molecule has 0 aliphatic carbocycles. The Hall–Kier alpha value is -0.380. The van der Waals surface area contributed by atoms with Crippen LogP contribution in [-0.4, -0.2) is 30.1 Å². The first-order valence-corrected chi connectivity index (χ1v) is 6.65. The number of rotatable bonds is 2. The molecule has 0 radical (unpaired) electrons. The molecule has 16 heavy (non-hydrogen) atoms. The Kier molecular flexibility index (Phi) is 4.00. The molecule has 2 nitrogen and oxygen atoms in total. The van der Waals surface area contributed by atoms with Gasteiger partial charge >= 0.3 is 0 Å². The molecule has 1 aromatic carbocycles. The predicted molar refractivity (Wildman–Crippen MR) is 71.5 cm³/mol. The van der Waals surface area contributed by atoms with Gasteiger partial charge in [-0.25, -0.2) is 0 Å². The SMILES string of the molecule is C[C@@H]1CN(Cc2ccc(Br)cc2)C[C@H](C)N1. The topological polar surface area (TPSA) is 15.3 Å². The van der Waals surface area contributed by atoms with E-state index < -0.39 is 0 Å². The highest BCUT2D eigenvalue weighted by atomic mass is 79.9. The van der Waals surface area contributed by atoms with Gasteiger partial charge in [0.2, 0.25) is 0 Å². The van der Waals surface area contributed by atoms with Crippen molar-refractivity contribution in [1.82, 2.24) is 10.2 Å². The molecule has 0 spiro atoms. The van der Waals surface area contributed by atoms with Gasteiger partial charge in [0, 0.05) is 36.2 Å². The number of nitrogens with zero attached hydrogens (tertiary/aromatic N) is 1. The lowest BCUT2D eigenvalue weighted by Crippen LogP contribution is -2.53. The molecule has 3 heteroatoms. The van der Waals surface area contributed by atoms with E-state index in [0.717, 1.165) is 24.1 Å². The molecule has 2 rings (SSSR count). The van der Waals surface area contributed by atoms with Crippen LogP contribution in [0.2, 0.25) is 0 Å². The van der Waals surface area contributed by atoms with Crippen LogP contribution in [0.5, 0.6) is 0 Å². The van der Waals surface area contributed by atoms with Crippen molar-refractivity contribution < 1.29 is 0 Å². The second kappa shape index (κ2) is 5.30. The maximum absolute atomic E-state index is 3.55. The minimum atomic E-state index is 0.596. The summed E-state index contributed by atoms with van der Waals surface area (Å²) in [6.45, 7) is 7.85. The molecule has 88 valence electrons. The summed E-state index contributed by atoms with van der Waals surface area (Å²) in [5.41, 5.74) is 1.39. The van der Waals surface area contributed by atoms with Crippen molar-refractivity contribution in [1.29, 1.82) is 0 Å². The van der Waals surface area contributed by atoms with Crippen LogP contribution in [0.25, 0.3) is 0 Å². The highest BCUT2D eigenvalue weighted by molar-refractivity contribution is 9.10. The lowest BCUT2D eigenvalue weighted by Gasteiger charge is -2.36. The molecule has 1 aliphatic rings. The first kappa shape index (κ1) is 12.1. The van der Waals surface area contributed by atoms with Gasteiger partial charge in [0.15, 0.2) is 0 Å². The Labute approximate surface area is 106 Å². The van der Waals surface area contributed by atoms with Crippen molar-refractivity contribution in [2.75, 3.05) is 13.1 Å². The van der Waals surface area contributed by atoms with Gasteiger partial charge in [-0.1, -0.05) is 28.1 Å². The third-order valence-electron chi connectivity index (χ3n) is 2.95. The largest absolute Gasteiger partial charge is 0.309 e. The molecular weight excluding hydrogens is 264 g/mol. The molecule has 1 fully saturated rings. The van der Waals surface area contributed by atoms with Gasteiger partial charge in [0.1, 0.15) is 0 Å². The van der Waals surface area contributed by atoms with Crippen LogP contribution in [0.15, 0.2) is 28.7 Å². The predicted octanol–water partition coefficient (Wildman–Crippen LogP) is 2.63. The minimum Gasteiger partial charge on any atom is -0.309 e. The van der Waals surface area contributed by atoms with Crippen LogP contribution < -0.4 is 5.32 Å². The molecular formula is C13H19BrN2. The Morgan fingerprint density at radius 2 is 1.75 bits per heavy atom. The highest BCUT2D eigenvalue weighted by Gasteiger charge is 2.20. The van der Waals surface area contributed by atoms with Crippen LogP contribution in [0.1, 0.15) is 19.4 Å². The number of benzene rings is 1. The maximum Gasteiger partial charge on any atom is 0.0235 e. The van der Waals surface area contributed by atoms with E-state index in [1.165, 1.54) is 5.56 Å². The minimum absolute atomic E-state index is 0.596. The van der Waals surface area contributed by atoms with Crippen molar-refractivity contribution >= 4 is 15.9 Å². The number of piperazine rings is 1. The first-order chi connectivity index (χ1) is 7.63. The van der Waals surface area contributed by atoms with Gasteiger partial charge < -0.3 is 5.32 Å². The van der Waals surface area contributed by atoms with Crippen molar-refractivity contribution in [2.45, 2.75) is 32.5 Å². The van der Waals surface area contributed by atoms with E-state index in [4.69, 9.17) is 0 Å². The number of hydrogen-bond acceptors (Lipinski definition) is 2. The summed E-state index contributed by atoms with van der Waals surface area (Å²) in [6, 6.07) is 9.82. The Bertz CT molecular complexity index is 326. The van der Waals surface area contributed by atoms with Gasteiger partial charge in [-0.15, -0.1) is 0 Å². The molecule has 0 aromatic heterocycles. The molecule has 0 saturated carbocycles. The van der Waals surface area contributed by atoms with Crippen LogP contribution in [0.4, 0.5) is 0 Å². The summed E-state index contributed by atoms with van der Waals surface area (Å²) < 4.78 is 1.15. The monoisotopic (exact) mass is 282 g/mol. The van der Waals surface area contributed by atoms with Crippen LogP contribution in [0, 0.1) is 0 Å². The second-order valence-corrected chi connectivity index (χ2v) is 5.70. The van der Waals surface area contributed by atoms with Crippen LogP contribution in [0.3, 0.4) is 0 Å². The average molecular weight is 283 g/mol. The Balaban J connectivity index is 1.96. The average Bonchev–Trinajstić information content (AvgIpc) is 2.20. The summed E-state index contributed by atoms with van der Waals surface area (Å²) in [6.07, 6.45) is 0. The van der Waals surface area contributed by atoms with E-state index >= 15 is 0 Å². The Morgan fingerprint density at radius 3 is 2.31 bits per heavy atom. The first-order valence-electron chi connectivity index (χ1n) is 5.86. The van der Waals surface area contributed by atoms with E-state index in [1.54, 1.807) is 0 Å². The van der Waals surface area contributed by atoms with E-state index in [0.29, 0.717) is 12.1 Å². The summed E-state index contributed by atoms with van der Waals surface area (Å²) in [5, 5.41) is 3.55. The molecule has 2 atom stereocenters. The number of nitrogens with one attached hydrogen (secondary N) is 1. The van der Waals surface area contributed by atoms with Gasteiger partial charge in [-0.2, -0.15) is 0 Å². The molecule has 1 aliphatic heterocycles. The van der Waals surface area contributed by atoms with E-state index in [2.05, 4.69) is 64.3 Å². The zero-order valence-electron chi connectivity index (χ0n) is 9.91. The molecule has 0 bridgehead atoms. The van der Waals surface area contributed by atoms with Gasteiger partial charge in [-0.05, 0) is 31.5 Å². The van der Waals surface area contributed by atoms with E-state index in [-0.39, 0.29) is 0 Å². The highest BCUT2D eigenvalue weighted by Crippen LogP contribution is 2.14. The van der Waals surface area contributed by atoms with Gasteiger partial charge in [0.05, 0.1) is 0 Å². The van der Waals surface area contributed by atoms with Crippen molar-refractivity contribution in [3.05, 3.63) is 34.3 Å². The normalized spacial score (nSPS) is 26.9. The number of halogens is 1. The fourth-order valence-electron chi connectivity index (χ4n) is 2.42. The summed E-state index contributed by atoms with van der Waals surface area (Å²) >= 11 is 3.47. The lowest BCUT2D eigenvalue weighted by molar-refractivity contribution is 0.166. The molecule has 0 amide bonds. The van der Waals surface area contributed by atoms with Gasteiger partial charge in [-0.3, -0.25) is 4.90 Å². The molecule has 1 aromatic rings. The van der Waals surface area contributed by atoms with Crippen LogP contribution >= 0.6 is 15.9 Å². The quantitative estimate of drug-likeness (QED) is 0.897. The molecule has 0 unspecified atom stereocenters. The molecule has 1 saturated heterocycles. The second-order valence-electron chi connectivity index (χ2n) is 4.79. The fraction of sp³-hybridized carbons (Fsp3) is 0.538. The van der Waals surface area contributed by atoms with Gasteiger partial charge in [0.25, 0.3) is 0 Å². The van der Waals surface area contributed by atoms with Crippen molar-refractivity contribution in [2.24, 2.45) is 0 Å². The smallest absolute Gasteiger partial charge is 0.0235 e. The standard InChI is InChI=1S/C13H19BrN2/c1-10-7-16(8-11(2)15-10)9-12-3-5-13(14)6-4-12/h3-6,10-11,15H,7-9H2,1-2H3/t10-,11+. The molecule has 1 N–H and O–H groups in total. The lowest BCUT2D eigenvalue weighted by atomic mass is 10.1. The number of hydrogen-bond donors (Lipinski definition) is 1. The summed E-state index contributed by atoms with van der Waals surface area (Å²) in [7, 11) is 0. The zero-order valence-corrected chi connectivity index (χ0v) is 11.5. The van der Waals surface area contributed by atoms with Crippen molar-refractivity contribution in [3.63, 3.8) is 0 Å². The zero-order chi connectivity index (χ0) is 11.5. The maximum atomic E-state index is 3.55. The van der Waals surface area contributed by atoms with Crippen molar-refractivity contribution in [3.8, 4) is 0 Å². The van der Waals surface area contributed by atoms with E-state index in [1.807, 2.05) is 0 Å².